The summed E-state index contributed by atoms with van der Waals surface area (Å²) in [5.74, 6) is 1.59. The molecule has 0 unspecified atom stereocenters. The monoisotopic (exact) mass is 398 g/mol. The van der Waals surface area contributed by atoms with Crippen LogP contribution in [0.2, 0.25) is 0 Å². The standard InChI is InChI=1S/C23H18N4O3/c28-23(25-13-16-5-3-4-10-24-16)17(22-26-18-6-1-2-7-19(18)27-22)11-15-8-9-20-21(12-15)30-14-29-20/h1-12H,13-14H2,(H,25,28)(H,26,27). The van der Waals surface area contributed by atoms with E-state index in [1.807, 2.05) is 60.7 Å². The number of nitrogens with zero attached hydrogens (tertiary/aromatic N) is 2. The number of carbonyl (C=O) groups is 1. The van der Waals surface area contributed by atoms with Crippen LogP contribution in [0.4, 0.5) is 0 Å². The number of H-pyrrole nitrogens is 1. The van der Waals surface area contributed by atoms with Crippen molar-refractivity contribution < 1.29 is 14.3 Å². The summed E-state index contributed by atoms with van der Waals surface area (Å²) in [5, 5.41) is 2.93. The molecule has 5 rings (SSSR count). The highest BCUT2D eigenvalue weighted by Crippen LogP contribution is 2.33. The van der Waals surface area contributed by atoms with Crippen LogP contribution in [0.5, 0.6) is 11.5 Å². The number of aromatic amines is 1. The molecule has 0 atom stereocenters. The van der Waals surface area contributed by atoms with Crippen LogP contribution in [0.3, 0.4) is 0 Å². The largest absolute Gasteiger partial charge is 0.454 e. The fourth-order valence-corrected chi connectivity index (χ4v) is 3.26. The molecule has 2 aromatic heterocycles. The van der Waals surface area contributed by atoms with E-state index in [9.17, 15) is 4.79 Å². The molecule has 0 aliphatic carbocycles. The number of hydrogen-bond donors (Lipinski definition) is 2. The molecule has 0 fully saturated rings. The molecule has 2 N–H and O–H groups in total. The van der Waals surface area contributed by atoms with Crippen molar-refractivity contribution >= 4 is 28.6 Å². The number of imidazole rings is 1. The van der Waals surface area contributed by atoms with Crippen LogP contribution >= 0.6 is 0 Å². The maximum atomic E-state index is 13.1. The smallest absolute Gasteiger partial charge is 0.255 e. The van der Waals surface area contributed by atoms with Gasteiger partial charge in [0, 0.05) is 6.20 Å². The van der Waals surface area contributed by atoms with Gasteiger partial charge in [-0.3, -0.25) is 9.78 Å². The van der Waals surface area contributed by atoms with Gasteiger partial charge < -0.3 is 19.8 Å². The third-order valence-corrected chi connectivity index (χ3v) is 4.75. The van der Waals surface area contributed by atoms with Gasteiger partial charge in [-0.15, -0.1) is 0 Å². The lowest BCUT2D eigenvalue weighted by molar-refractivity contribution is -0.115. The van der Waals surface area contributed by atoms with Crippen molar-refractivity contribution in [2.45, 2.75) is 6.54 Å². The minimum Gasteiger partial charge on any atom is -0.454 e. The highest BCUT2D eigenvalue weighted by Gasteiger charge is 2.18. The Bertz CT molecular complexity index is 1210. The van der Waals surface area contributed by atoms with Gasteiger partial charge in [-0.1, -0.05) is 24.3 Å². The van der Waals surface area contributed by atoms with Crippen LogP contribution in [0.1, 0.15) is 17.1 Å². The van der Waals surface area contributed by atoms with Crippen molar-refractivity contribution in [3.63, 3.8) is 0 Å². The molecule has 1 aliphatic heterocycles. The highest BCUT2D eigenvalue weighted by molar-refractivity contribution is 6.23. The molecule has 7 heteroatoms. The second kappa shape index (κ2) is 7.71. The van der Waals surface area contributed by atoms with E-state index in [1.54, 1.807) is 12.3 Å². The zero-order valence-electron chi connectivity index (χ0n) is 16.0. The Labute approximate surface area is 172 Å². The van der Waals surface area contributed by atoms with E-state index >= 15 is 0 Å². The van der Waals surface area contributed by atoms with Crippen LogP contribution in [0, 0.1) is 0 Å². The van der Waals surface area contributed by atoms with Crippen LogP contribution in [-0.2, 0) is 11.3 Å². The number of carbonyl (C=O) groups excluding carboxylic acids is 1. The van der Waals surface area contributed by atoms with E-state index in [0.717, 1.165) is 22.3 Å². The maximum absolute atomic E-state index is 13.1. The van der Waals surface area contributed by atoms with Gasteiger partial charge in [0.1, 0.15) is 5.82 Å². The topological polar surface area (TPSA) is 89.1 Å². The third-order valence-electron chi connectivity index (χ3n) is 4.75. The number of ether oxygens (including phenoxy) is 2. The number of fused-ring (bicyclic) bond motifs is 2. The van der Waals surface area contributed by atoms with Gasteiger partial charge in [0.15, 0.2) is 11.5 Å². The molecule has 3 heterocycles. The average molecular weight is 398 g/mol. The number of amides is 1. The number of benzene rings is 2. The zero-order valence-corrected chi connectivity index (χ0v) is 16.0. The summed E-state index contributed by atoms with van der Waals surface area (Å²) < 4.78 is 10.8. The van der Waals surface area contributed by atoms with E-state index in [1.165, 1.54) is 0 Å². The maximum Gasteiger partial charge on any atom is 0.255 e. The SMILES string of the molecule is O=C(NCc1ccccn1)C(=Cc1ccc2c(c1)OCO2)c1nc2ccccc2[nH]1. The van der Waals surface area contributed by atoms with Gasteiger partial charge in [0.25, 0.3) is 5.91 Å². The molecule has 1 amide bonds. The number of pyridine rings is 1. The Morgan fingerprint density at radius 2 is 1.93 bits per heavy atom. The summed E-state index contributed by atoms with van der Waals surface area (Å²) in [7, 11) is 0. The first-order valence-electron chi connectivity index (χ1n) is 9.51. The molecular weight excluding hydrogens is 380 g/mol. The van der Waals surface area contributed by atoms with Gasteiger partial charge in [0.05, 0.1) is 28.8 Å². The molecule has 30 heavy (non-hydrogen) atoms. The predicted octanol–water partition coefficient (Wildman–Crippen LogP) is 3.54. The summed E-state index contributed by atoms with van der Waals surface area (Å²) in [6.07, 6.45) is 3.48. The molecule has 2 aromatic carbocycles. The molecule has 0 saturated carbocycles. The average Bonchev–Trinajstić information content (AvgIpc) is 3.42. The first kappa shape index (κ1) is 17.9. The molecular formula is C23H18N4O3. The van der Waals surface area contributed by atoms with Crippen molar-refractivity contribution in [3.8, 4) is 11.5 Å². The normalized spacial score (nSPS) is 12.9. The Hall–Kier alpha value is -4.13. The minimum atomic E-state index is -0.252. The van der Waals surface area contributed by atoms with Gasteiger partial charge in [-0.25, -0.2) is 4.98 Å². The first-order chi connectivity index (χ1) is 14.8. The number of para-hydroxylation sites is 2. The lowest BCUT2D eigenvalue weighted by atomic mass is 10.1. The second-order valence-corrected chi connectivity index (χ2v) is 6.78. The van der Waals surface area contributed by atoms with E-state index in [2.05, 4.69) is 20.3 Å². The molecule has 0 spiro atoms. The third kappa shape index (κ3) is 3.60. The van der Waals surface area contributed by atoms with Crippen molar-refractivity contribution in [2.75, 3.05) is 6.79 Å². The minimum absolute atomic E-state index is 0.198. The van der Waals surface area contributed by atoms with Gasteiger partial charge >= 0.3 is 0 Å². The summed E-state index contributed by atoms with van der Waals surface area (Å²) >= 11 is 0. The number of nitrogens with one attached hydrogen (secondary N) is 2. The molecule has 0 saturated heterocycles. The quantitative estimate of drug-likeness (QED) is 0.502. The van der Waals surface area contributed by atoms with Crippen molar-refractivity contribution in [1.82, 2.24) is 20.3 Å². The molecule has 7 nitrogen and oxygen atoms in total. The number of hydrogen-bond acceptors (Lipinski definition) is 5. The highest BCUT2D eigenvalue weighted by atomic mass is 16.7. The van der Waals surface area contributed by atoms with E-state index in [4.69, 9.17) is 9.47 Å². The Morgan fingerprint density at radius 3 is 2.80 bits per heavy atom. The van der Waals surface area contributed by atoms with E-state index in [-0.39, 0.29) is 12.7 Å². The lowest BCUT2D eigenvalue weighted by Crippen LogP contribution is -2.24. The number of rotatable bonds is 5. The van der Waals surface area contributed by atoms with Crippen molar-refractivity contribution in [2.24, 2.45) is 0 Å². The zero-order chi connectivity index (χ0) is 20.3. The Balaban J connectivity index is 1.50. The summed E-state index contributed by atoms with van der Waals surface area (Å²) in [6.45, 7) is 0.516. The molecule has 0 radical (unpaired) electrons. The Morgan fingerprint density at radius 1 is 1.07 bits per heavy atom. The van der Waals surface area contributed by atoms with Gasteiger partial charge in [-0.2, -0.15) is 0 Å². The summed E-state index contributed by atoms with van der Waals surface area (Å²) in [4.78, 5) is 25.2. The summed E-state index contributed by atoms with van der Waals surface area (Å²) in [6, 6.07) is 18.8. The Kier molecular flexibility index (Phi) is 4.61. The van der Waals surface area contributed by atoms with E-state index < -0.39 is 0 Å². The second-order valence-electron chi connectivity index (χ2n) is 6.78. The molecule has 148 valence electrons. The number of aromatic nitrogens is 3. The van der Waals surface area contributed by atoms with Crippen molar-refractivity contribution in [1.29, 1.82) is 0 Å². The fourth-order valence-electron chi connectivity index (χ4n) is 3.26. The lowest BCUT2D eigenvalue weighted by Gasteiger charge is -2.08. The van der Waals surface area contributed by atoms with Crippen LogP contribution in [-0.4, -0.2) is 27.7 Å². The van der Waals surface area contributed by atoms with Crippen molar-refractivity contribution in [3.05, 3.63) is 83.9 Å². The van der Waals surface area contributed by atoms with Gasteiger partial charge in [0.2, 0.25) is 6.79 Å². The van der Waals surface area contributed by atoms with Gasteiger partial charge in [-0.05, 0) is 48.0 Å². The first-order valence-corrected chi connectivity index (χ1v) is 9.51. The van der Waals surface area contributed by atoms with Crippen LogP contribution in [0.15, 0.2) is 66.9 Å². The molecule has 0 bridgehead atoms. The fraction of sp³-hybridized carbons (Fsp3) is 0.0870. The van der Waals surface area contributed by atoms with Crippen LogP contribution < -0.4 is 14.8 Å². The molecule has 4 aromatic rings. The van der Waals surface area contributed by atoms with Crippen LogP contribution in [0.25, 0.3) is 22.7 Å². The van der Waals surface area contributed by atoms with E-state index in [0.29, 0.717) is 29.4 Å². The predicted molar refractivity (Wildman–Crippen MR) is 113 cm³/mol. The molecule has 1 aliphatic rings. The summed E-state index contributed by atoms with van der Waals surface area (Å²) in [5.41, 5.74) is 3.66.